The second-order valence-corrected chi connectivity index (χ2v) is 5.92. The molecular weight excluding hydrogens is 344 g/mol. The second kappa shape index (κ2) is 8.29. The monoisotopic (exact) mass is 360 g/mol. The van der Waals surface area contributed by atoms with Gasteiger partial charge >= 0.3 is 5.97 Å². The van der Waals surface area contributed by atoms with Crippen molar-refractivity contribution in [2.45, 2.75) is 17.9 Å². The van der Waals surface area contributed by atoms with Crippen molar-refractivity contribution in [1.29, 1.82) is 0 Å². The maximum absolute atomic E-state index is 12.1. The van der Waals surface area contributed by atoms with E-state index in [9.17, 15) is 19.7 Å². The summed E-state index contributed by atoms with van der Waals surface area (Å²) in [6.45, 7) is 1.40. The second-order valence-electron chi connectivity index (χ2n) is 5.04. The van der Waals surface area contributed by atoms with Crippen LogP contribution in [-0.4, -0.2) is 29.2 Å². The van der Waals surface area contributed by atoms with Gasteiger partial charge in [0, 0.05) is 11.0 Å². The van der Waals surface area contributed by atoms with Crippen molar-refractivity contribution in [2.75, 3.05) is 11.6 Å². The molecule has 0 radical (unpaired) electrons. The van der Waals surface area contributed by atoms with E-state index in [-0.39, 0.29) is 11.4 Å². The van der Waals surface area contributed by atoms with E-state index in [1.807, 2.05) is 6.26 Å². The zero-order valence-corrected chi connectivity index (χ0v) is 14.4. The minimum atomic E-state index is -1.10. The lowest BCUT2D eigenvalue weighted by Gasteiger charge is -2.13. The number of nitro benzene ring substituents is 1. The molecule has 0 unspecified atom stereocenters. The molecule has 0 aromatic heterocycles. The summed E-state index contributed by atoms with van der Waals surface area (Å²) in [5.74, 6) is -1.29. The highest BCUT2D eigenvalue weighted by Gasteiger charge is 2.22. The topological polar surface area (TPSA) is 98.5 Å². The number of nitrogens with one attached hydrogen (secondary N) is 1. The van der Waals surface area contributed by atoms with Crippen LogP contribution in [0.5, 0.6) is 0 Å². The third kappa shape index (κ3) is 4.80. The minimum absolute atomic E-state index is 0.0460. The van der Waals surface area contributed by atoms with E-state index in [0.717, 1.165) is 4.90 Å². The molecule has 0 fully saturated rings. The summed E-state index contributed by atoms with van der Waals surface area (Å²) >= 11 is 1.54. The zero-order chi connectivity index (χ0) is 18.4. The van der Waals surface area contributed by atoms with Gasteiger partial charge in [0.15, 0.2) is 6.10 Å². The highest BCUT2D eigenvalue weighted by molar-refractivity contribution is 7.98. The number of para-hydroxylation sites is 2. The summed E-state index contributed by atoms with van der Waals surface area (Å²) in [4.78, 5) is 35.6. The highest BCUT2D eigenvalue weighted by atomic mass is 32.2. The van der Waals surface area contributed by atoms with Gasteiger partial charge in [-0.2, -0.15) is 0 Å². The number of anilines is 1. The quantitative estimate of drug-likeness (QED) is 0.366. The molecule has 1 atom stereocenters. The first-order chi connectivity index (χ1) is 11.9. The Morgan fingerprint density at radius 3 is 2.40 bits per heavy atom. The smallest absolute Gasteiger partial charge is 0.338 e. The van der Waals surface area contributed by atoms with Crippen LogP contribution in [0, 0.1) is 10.1 Å². The number of esters is 1. The standard InChI is InChI=1S/C17H16N2O5S/c1-11(24-17(21)12-7-9-13(25-2)10-8-12)16(20)18-14-5-3-4-6-15(14)19(22)23/h3-11H,1-2H3,(H,18,20)/t11-/m1/s1. The third-order valence-electron chi connectivity index (χ3n) is 3.34. The SMILES string of the molecule is CSc1ccc(C(=O)O[C@H](C)C(=O)Nc2ccccc2[N+](=O)[O-])cc1. The number of carbonyl (C=O) groups excluding carboxylic acids is 2. The van der Waals surface area contributed by atoms with E-state index in [1.54, 1.807) is 42.1 Å². The van der Waals surface area contributed by atoms with Crippen LogP contribution in [0.25, 0.3) is 0 Å². The van der Waals surface area contributed by atoms with E-state index in [1.165, 1.54) is 25.1 Å². The first-order valence-electron chi connectivity index (χ1n) is 7.31. The van der Waals surface area contributed by atoms with Crippen LogP contribution in [0.15, 0.2) is 53.4 Å². The number of nitrogens with zero attached hydrogens (tertiary/aromatic N) is 1. The number of carbonyl (C=O) groups is 2. The van der Waals surface area contributed by atoms with Crippen LogP contribution >= 0.6 is 11.8 Å². The van der Waals surface area contributed by atoms with Gasteiger partial charge in [-0.25, -0.2) is 4.79 Å². The molecular formula is C17H16N2O5S. The number of amides is 1. The predicted molar refractivity (Wildman–Crippen MR) is 94.8 cm³/mol. The summed E-state index contributed by atoms with van der Waals surface area (Å²) < 4.78 is 5.12. The number of rotatable bonds is 6. The van der Waals surface area contributed by atoms with Crippen LogP contribution in [0.1, 0.15) is 17.3 Å². The molecule has 1 N–H and O–H groups in total. The zero-order valence-electron chi connectivity index (χ0n) is 13.6. The van der Waals surface area contributed by atoms with E-state index in [4.69, 9.17) is 4.74 Å². The van der Waals surface area contributed by atoms with Gasteiger partial charge in [-0.05, 0) is 43.5 Å². The maximum Gasteiger partial charge on any atom is 0.338 e. The summed E-state index contributed by atoms with van der Waals surface area (Å²) in [5.41, 5.74) is 0.134. The number of nitro groups is 1. The first-order valence-corrected chi connectivity index (χ1v) is 8.54. The van der Waals surface area contributed by atoms with Gasteiger partial charge in [-0.1, -0.05) is 12.1 Å². The van der Waals surface area contributed by atoms with Crippen molar-refractivity contribution in [3.8, 4) is 0 Å². The highest BCUT2D eigenvalue weighted by Crippen LogP contribution is 2.23. The number of ether oxygens (including phenoxy) is 1. The Morgan fingerprint density at radius 2 is 1.80 bits per heavy atom. The van der Waals surface area contributed by atoms with Crippen molar-refractivity contribution in [1.82, 2.24) is 0 Å². The lowest BCUT2D eigenvalue weighted by molar-refractivity contribution is -0.383. The van der Waals surface area contributed by atoms with Crippen molar-refractivity contribution in [3.05, 3.63) is 64.2 Å². The molecule has 0 aliphatic carbocycles. The molecule has 2 aromatic carbocycles. The maximum atomic E-state index is 12.1. The van der Waals surface area contributed by atoms with Crippen LogP contribution in [0.4, 0.5) is 11.4 Å². The van der Waals surface area contributed by atoms with Gasteiger partial charge < -0.3 is 10.1 Å². The fourth-order valence-electron chi connectivity index (χ4n) is 1.98. The largest absolute Gasteiger partial charge is 0.449 e. The van der Waals surface area contributed by atoms with Gasteiger partial charge in [-0.3, -0.25) is 14.9 Å². The summed E-state index contributed by atoms with van der Waals surface area (Å²) in [6, 6.07) is 12.5. The van der Waals surface area contributed by atoms with Gasteiger partial charge in [0.05, 0.1) is 10.5 Å². The molecule has 7 nitrogen and oxygen atoms in total. The molecule has 0 spiro atoms. The predicted octanol–water partition coefficient (Wildman–Crippen LogP) is 3.50. The molecule has 1 amide bonds. The Hall–Kier alpha value is -2.87. The van der Waals surface area contributed by atoms with Crippen molar-refractivity contribution in [3.63, 3.8) is 0 Å². The number of hydrogen-bond acceptors (Lipinski definition) is 6. The molecule has 0 heterocycles. The molecule has 0 aliphatic rings. The number of benzene rings is 2. The number of hydrogen-bond donors (Lipinski definition) is 1. The summed E-state index contributed by atoms with van der Waals surface area (Å²) in [7, 11) is 0. The Morgan fingerprint density at radius 1 is 1.16 bits per heavy atom. The van der Waals surface area contributed by atoms with Crippen molar-refractivity contribution < 1.29 is 19.2 Å². The normalized spacial score (nSPS) is 11.4. The van der Waals surface area contributed by atoms with Gasteiger partial charge in [-0.15, -0.1) is 11.8 Å². The number of thioether (sulfide) groups is 1. The lowest BCUT2D eigenvalue weighted by Crippen LogP contribution is -2.30. The Kier molecular flexibility index (Phi) is 6.13. The van der Waals surface area contributed by atoms with Crippen LogP contribution in [0.3, 0.4) is 0 Å². The fourth-order valence-corrected chi connectivity index (χ4v) is 2.39. The average Bonchev–Trinajstić information content (AvgIpc) is 2.61. The van der Waals surface area contributed by atoms with Crippen LogP contribution < -0.4 is 5.32 Å². The van der Waals surface area contributed by atoms with Gasteiger partial charge in [0.2, 0.25) is 0 Å². The lowest BCUT2D eigenvalue weighted by atomic mass is 10.2. The first kappa shape index (κ1) is 18.5. The molecule has 2 aromatic rings. The molecule has 0 saturated carbocycles. The van der Waals surface area contributed by atoms with Crippen molar-refractivity contribution in [2.24, 2.45) is 0 Å². The van der Waals surface area contributed by atoms with Gasteiger partial charge in [0.1, 0.15) is 5.69 Å². The molecule has 25 heavy (non-hydrogen) atoms. The van der Waals surface area contributed by atoms with E-state index in [0.29, 0.717) is 5.56 Å². The van der Waals surface area contributed by atoms with E-state index >= 15 is 0 Å². The molecule has 0 saturated heterocycles. The van der Waals surface area contributed by atoms with Crippen LogP contribution in [0.2, 0.25) is 0 Å². The Bertz CT molecular complexity index is 792. The summed E-state index contributed by atoms with van der Waals surface area (Å²) in [6.07, 6.45) is 0.815. The third-order valence-corrected chi connectivity index (χ3v) is 4.08. The van der Waals surface area contributed by atoms with E-state index < -0.39 is 22.9 Å². The molecule has 2 rings (SSSR count). The molecule has 0 aliphatic heterocycles. The molecule has 0 bridgehead atoms. The Labute approximate surface area is 148 Å². The van der Waals surface area contributed by atoms with Crippen molar-refractivity contribution >= 4 is 35.0 Å². The van der Waals surface area contributed by atoms with E-state index in [2.05, 4.69) is 5.32 Å². The average molecular weight is 360 g/mol. The minimum Gasteiger partial charge on any atom is -0.449 e. The Balaban J connectivity index is 2.02. The van der Waals surface area contributed by atoms with Gasteiger partial charge in [0.25, 0.3) is 11.6 Å². The summed E-state index contributed by atoms with van der Waals surface area (Å²) in [5, 5.41) is 13.4. The molecule has 8 heteroatoms. The van der Waals surface area contributed by atoms with Crippen LogP contribution in [-0.2, 0) is 9.53 Å². The molecule has 130 valence electrons. The fraction of sp³-hybridized carbons (Fsp3) is 0.176.